The Morgan fingerprint density at radius 3 is 2.33 bits per heavy atom. The monoisotopic (exact) mass is 303 g/mol. The number of carbonyl (C=O) groups excluding carboxylic acids is 1. The van der Waals surface area contributed by atoms with E-state index in [-0.39, 0.29) is 25.4 Å². The number of carboxylic acids is 1. The van der Waals surface area contributed by atoms with Gasteiger partial charge in [-0.15, -0.1) is 0 Å². The summed E-state index contributed by atoms with van der Waals surface area (Å²) in [5, 5.41) is 19.2. The van der Waals surface area contributed by atoms with Crippen molar-refractivity contribution in [3.63, 3.8) is 0 Å². The minimum absolute atomic E-state index is 0.0312. The second-order valence-electron chi connectivity index (χ2n) is 5.56. The molecule has 6 heteroatoms. The summed E-state index contributed by atoms with van der Waals surface area (Å²) < 4.78 is 0. The van der Waals surface area contributed by atoms with E-state index in [1.165, 1.54) is 0 Å². The third-order valence-corrected chi connectivity index (χ3v) is 3.13. The van der Waals surface area contributed by atoms with Crippen molar-refractivity contribution in [3.8, 4) is 0 Å². The molecule has 0 aliphatic rings. The first kappa shape index (κ1) is 19.9. The second kappa shape index (κ2) is 11.5. The first-order valence-electron chi connectivity index (χ1n) is 7.72. The number of nitrogens with zero attached hydrogens (tertiary/aromatic N) is 1. The SMILES string of the molecule is CCCCCON(C(=O)CCC(C)C)[C@@H](CCO)C(=O)O. The Hall–Kier alpha value is -1.14. The van der Waals surface area contributed by atoms with Crippen molar-refractivity contribution < 1.29 is 24.6 Å². The van der Waals surface area contributed by atoms with E-state index in [1.54, 1.807) is 0 Å². The van der Waals surface area contributed by atoms with Crippen LogP contribution in [0.5, 0.6) is 0 Å². The zero-order valence-electron chi connectivity index (χ0n) is 13.4. The van der Waals surface area contributed by atoms with Gasteiger partial charge in [0.15, 0.2) is 6.04 Å². The normalized spacial score (nSPS) is 12.4. The molecule has 21 heavy (non-hydrogen) atoms. The summed E-state index contributed by atoms with van der Waals surface area (Å²) in [6.45, 7) is 6.07. The van der Waals surface area contributed by atoms with Gasteiger partial charge in [0.2, 0.25) is 5.91 Å². The van der Waals surface area contributed by atoms with Gasteiger partial charge in [0.25, 0.3) is 0 Å². The number of hydrogen-bond acceptors (Lipinski definition) is 4. The molecule has 124 valence electrons. The lowest BCUT2D eigenvalue weighted by Crippen LogP contribution is -2.45. The smallest absolute Gasteiger partial charge is 0.329 e. The van der Waals surface area contributed by atoms with Gasteiger partial charge in [0, 0.05) is 19.4 Å². The molecule has 0 spiro atoms. The van der Waals surface area contributed by atoms with E-state index in [4.69, 9.17) is 9.94 Å². The predicted molar refractivity (Wildman–Crippen MR) is 79.5 cm³/mol. The third-order valence-electron chi connectivity index (χ3n) is 3.13. The van der Waals surface area contributed by atoms with Crippen LogP contribution in [-0.2, 0) is 14.4 Å². The van der Waals surface area contributed by atoms with Crippen LogP contribution >= 0.6 is 0 Å². The number of hydrogen-bond donors (Lipinski definition) is 2. The topological polar surface area (TPSA) is 87.1 Å². The fraction of sp³-hybridized carbons (Fsp3) is 0.867. The van der Waals surface area contributed by atoms with Gasteiger partial charge in [0.05, 0.1) is 6.61 Å². The van der Waals surface area contributed by atoms with Gasteiger partial charge in [-0.3, -0.25) is 9.63 Å². The van der Waals surface area contributed by atoms with Crippen molar-refractivity contribution >= 4 is 11.9 Å². The van der Waals surface area contributed by atoms with Gasteiger partial charge in [0.1, 0.15) is 0 Å². The molecule has 0 aromatic heterocycles. The van der Waals surface area contributed by atoms with Crippen LogP contribution in [0.25, 0.3) is 0 Å². The maximum absolute atomic E-state index is 12.2. The summed E-state index contributed by atoms with van der Waals surface area (Å²) in [6.07, 6.45) is 3.65. The van der Waals surface area contributed by atoms with Gasteiger partial charge in [-0.25, -0.2) is 9.86 Å². The standard InChI is InChI=1S/C15H29NO5/c1-4-5-6-11-21-16(13(9-10-17)15(19)20)14(18)8-7-12(2)3/h12-13,17H,4-11H2,1-3H3,(H,19,20)/t13-/m0/s1. The number of amides is 1. The van der Waals surface area contributed by atoms with Gasteiger partial charge < -0.3 is 10.2 Å². The highest BCUT2D eigenvalue weighted by Crippen LogP contribution is 2.13. The van der Waals surface area contributed by atoms with Crippen LogP contribution in [0.2, 0.25) is 0 Å². The molecular weight excluding hydrogens is 274 g/mol. The zero-order valence-corrected chi connectivity index (χ0v) is 13.4. The Morgan fingerprint density at radius 1 is 1.19 bits per heavy atom. The highest BCUT2D eigenvalue weighted by atomic mass is 16.7. The average Bonchev–Trinajstić information content (AvgIpc) is 2.43. The van der Waals surface area contributed by atoms with Crippen LogP contribution in [0, 0.1) is 5.92 Å². The van der Waals surface area contributed by atoms with Crippen LogP contribution < -0.4 is 0 Å². The molecule has 1 amide bonds. The molecule has 0 aliphatic carbocycles. The molecule has 0 saturated heterocycles. The van der Waals surface area contributed by atoms with E-state index in [2.05, 4.69) is 6.92 Å². The largest absolute Gasteiger partial charge is 0.480 e. The van der Waals surface area contributed by atoms with Crippen molar-refractivity contribution in [1.82, 2.24) is 5.06 Å². The third kappa shape index (κ3) is 8.67. The summed E-state index contributed by atoms with van der Waals surface area (Å²) in [6, 6.07) is -1.13. The Morgan fingerprint density at radius 2 is 1.86 bits per heavy atom. The van der Waals surface area contributed by atoms with E-state index in [1.807, 2.05) is 13.8 Å². The molecule has 0 aliphatic heterocycles. The van der Waals surface area contributed by atoms with Gasteiger partial charge in [-0.05, 0) is 18.8 Å². The Kier molecular flexibility index (Phi) is 10.9. The van der Waals surface area contributed by atoms with E-state index >= 15 is 0 Å². The molecular formula is C15H29NO5. The molecule has 0 unspecified atom stereocenters. The summed E-state index contributed by atoms with van der Waals surface area (Å²) in [7, 11) is 0. The molecule has 2 N–H and O–H groups in total. The molecule has 6 nitrogen and oxygen atoms in total. The molecule has 0 fully saturated rings. The average molecular weight is 303 g/mol. The first-order valence-corrected chi connectivity index (χ1v) is 7.72. The van der Waals surface area contributed by atoms with Crippen LogP contribution in [0.4, 0.5) is 0 Å². The number of carbonyl (C=O) groups is 2. The van der Waals surface area contributed by atoms with Gasteiger partial charge in [-0.2, -0.15) is 0 Å². The highest BCUT2D eigenvalue weighted by molar-refractivity contribution is 5.82. The van der Waals surface area contributed by atoms with Gasteiger partial charge >= 0.3 is 5.97 Å². The van der Waals surface area contributed by atoms with Crippen molar-refractivity contribution in [2.45, 2.75) is 65.3 Å². The Bertz CT molecular complexity index is 306. The molecule has 0 bridgehead atoms. The number of aliphatic hydroxyl groups excluding tert-OH is 1. The van der Waals surface area contributed by atoms with E-state index in [0.717, 1.165) is 24.3 Å². The molecule has 0 heterocycles. The van der Waals surface area contributed by atoms with E-state index in [0.29, 0.717) is 18.9 Å². The van der Waals surface area contributed by atoms with Crippen LogP contribution in [-0.4, -0.2) is 46.4 Å². The lowest BCUT2D eigenvalue weighted by Gasteiger charge is -2.28. The number of aliphatic carboxylic acids is 1. The number of carboxylic acid groups (broad SMARTS) is 1. The van der Waals surface area contributed by atoms with Crippen LogP contribution in [0.15, 0.2) is 0 Å². The number of unbranched alkanes of at least 4 members (excludes halogenated alkanes) is 2. The summed E-state index contributed by atoms with van der Waals surface area (Å²) >= 11 is 0. The van der Waals surface area contributed by atoms with E-state index < -0.39 is 12.0 Å². The minimum atomic E-state index is -1.16. The lowest BCUT2D eigenvalue weighted by atomic mass is 10.1. The molecule has 0 radical (unpaired) electrons. The van der Waals surface area contributed by atoms with Crippen molar-refractivity contribution in [1.29, 1.82) is 0 Å². The molecule has 0 saturated carbocycles. The molecule has 0 aromatic carbocycles. The zero-order chi connectivity index (χ0) is 16.3. The predicted octanol–water partition coefficient (Wildman–Crippen LogP) is 2.21. The lowest BCUT2D eigenvalue weighted by molar-refractivity contribution is -0.209. The summed E-state index contributed by atoms with van der Waals surface area (Å²) in [4.78, 5) is 28.9. The maximum atomic E-state index is 12.2. The fourth-order valence-corrected chi connectivity index (χ4v) is 1.84. The van der Waals surface area contributed by atoms with Gasteiger partial charge in [-0.1, -0.05) is 33.6 Å². The minimum Gasteiger partial charge on any atom is -0.480 e. The van der Waals surface area contributed by atoms with E-state index in [9.17, 15) is 14.7 Å². The number of hydroxylamine groups is 2. The van der Waals surface area contributed by atoms with Crippen molar-refractivity contribution in [3.05, 3.63) is 0 Å². The Balaban J connectivity index is 4.71. The number of rotatable bonds is 12. The summed E-state index contributed by atoms with van der Waals surface area (Å²) in [5.41, 5.74) is 0. The van der Waals surface area contributed by atoms with Crippen molar-refractivity contribution in [2.75, 3.05) is 13.2 Å². The quantitative estimate of drug-likeness (QED) is 0.426. The number of aliphatic hydroxyl groups is 1. The Labute approximate surface area is 127 Å². The fourth-order valence-electron chi connectivity index (χ4n) is 1.84. The first-order chi connectivity index (χ1) is 9.93. The molecule has 1 atom stereocenters. The molecule has 0 aromatic rings. The summed E-state index contributed by atoms with van der Waals surface area (Å²) in [5.74, 6) is -1.13. The van der Waals surface area contributed by atoms with Crippen molar-refractivity contribution in [2.24, 2.45) is 5.92 Å². The highest BCUT2D eigenvalue weighted by Gasteiger charge is 2.30. The second-order valence-corrected chi connectivity index (χ2v) is 5.56. The van der Waals surface area contributed by atoms with Crippen LogP contribution in [0.3, 0.4) is 0 Å². The maximum Gasteiger partial charge on any atom is 0.329 e. The molecule has 0 rings (SSSR count). The van der Waals surface area contributed by atoms with Crippen LogP contribution in [0.1, 0.15) is 59.3 Å².